The summed E-state index contributed by atoms with van der Waals surface area (Å²) in [4.78, 5) is 24.8. The molecule has 1 fully saturated rings. The first-order chi connectivity index (χ1) is 12.1. The van der Waals surface area contributed by atoms with Gasteiger partial charge in [0, 0.05) is 12.1 Å². The number of hydrogen-bond donors (Lipinski definition) is 1. The first-order valence-electron chi connectivity index (χ1n) is 8.55. The number of amides is 1. The predicted octanol–water partition coefficient (Wildman–Crippen LogP) is 0.788. The van der Waals surface area contributed by atoms with Crippen LogP contribution in [0.15, 0.2) is 21.5 Å². The van der Waals surface area contributed by atoms with Crippen LogP contribution in [0, 0.1) is 6.92 Å². The predicted molar refractivity (Wildman–Crippen MR) is 87.5 cm³/mol. The Morgan fingerprint density at radius 3 is 2.92 bits per heavy atom. The third-order valence-electron chi connectivity index (χ3n) is 4.77. The van der Waals surface area contributed by atoms with Crippen molar-refractivity contribution in [2.45, 2.75) is 44.7 Å². The van der Waals surface area contributed by atoms with E-state index in [1.807, 2.05) is 0 Å². The fraction of sp³-hybridized carbons (Fsp3) is 0.529. The number of carbonyl (C=O) groups excluding carboxylic acids is 1. The van der Waals surface area contributed by atoms with E-state index in [0.29, 0.717) is 19.0 Å². The highest BCUT2D eigenvalue weighted by molar-refractivity contribution is 5.92. The normalized spacial score (nSPS) is 22.6. The van der Waals surface area contributed by atoms with Gasteiger partial charge < -0.3 is 14.6 Å². The molecule has 0 saturated carbocycles. The minimum Gasteiger partial charge on any atom is -0.377 e. The molecule has 2 unspecified atom stereocenters. The number of aryl methyl sites for hydroxylation is 3. The molecule has 2 atom stereocenters. The van der Waals surface area contributed by atoms with Gasteiger partial charge in [0.05, 0.1) is 24.9 Å². The molecule has 1 amide bonds. The number of hydrogen-bond acceptors (Lipinski definition) is 6. The van der Waals surface area contributed by atoms with Crippen LogP contribution in [0.1, 0.15) is 46.4 Å². The zero-order valence-corrected chi connectivity index (χ0v) is 14.0. The van der Waals surface area contributed by atoms with Gasteiger partial charge >= 0.3 is 0 Å². The zero-order valence-electron chi connectivity index (χ0n) is 14.0. The van der Waals surface area contributed by atoms with Gasteiger partial charge in [0.1, 0.15) is 11.8 Å². The Bertz CT molecular complexity index is 857. The molecule has 1 aliphatic heterocycles. The highest BCUT2D eigenvalue weighted by Gasteiger charge is 2.34. The van der Waals surface area contributed by atoms with Crippen LogP contribution in [0.25, 0.3) is 0 Å². The summed E-state index contributed by atoms with van der Waals surface area (Å²) in [5.41, 5.74) is 2.10. The van der Waals surface area contributed by atoms with E-state index < -0.39 is 0 Å². The van der Waals surface area contributed by atoms with Crippen molar-refractivity contribution < 1.29 is 14.1 Å². The quantitative estimate of drug-likeness (QED) is 0.884. The molecule has 0 spiro atoms. The van der Waals surface area contributed by atoms with Crippen molar-refractivity contribution in [2.75, 3.05) is 13.2 Å². The Morgan fingerprint density at radius 1 is 1.28 bits per heavy atom. The van der Waals surface area contributed by atoms with E-state index >= 15 is 0 Å². The Kier molecular flexibility index (Phi) is 4.12. The minimum atomic E-state index is -0.344. The van der Waals surface area contributed by atoms with Gasteiger partial charge in [-0.2, -0.15) is 5.10 Å². The highest BCUT2D eigenvalue weighted by atomic mass is 16.5. The molecule has 8 nitrogen and oxygen atoms in total. The van der Waals surface area contributed by atoms with E-state index in [2.05, 4.69) is 15.6 Å². The van der Waals surface area contributed by atoms with Gasteiger partial charge in [-0.1, -0.05) is 5.16 Å². The molecule has 1 N–H and O–H groups in total. The maximum absolute atomic E-state index is 12.5. The lowest BCUT2D eigenvalue weighted by Crippen LogP contribution is -2.44. The van der Waals surface area contributed by atoms with Gasteiger partial charge in [-0.25, -0.2) is 4.68 Å². The van der Waals surface area contributed by atoms with Crippen LogP contribution >= 0.6 is 0 Å². The first kappa shape index (κ1) is 16.0. The number of aromatic nitrogens is 3. The maximum Gasteiger partial charge on any atom is 0.273 e. The average Bonchev–Trinajstić information content (AvgIpc) is 3.23. The summed E-state index contributed by atoms with van der Waals surface area (Å²) in [6, 6.07) is 2.59. The first-order valence-corrected chi connectivity index (χ1v) is 8.55. The van der Waals surface area contributed by atoms with Crippen LogP contribution in [0.2, 0.25) is 0 Å². The molecular weight excluding hydrogens is 324 g/mol. The number of fused-ring (bicyclic) bond motifs is 1. The Balaban J connectivity index is 1.57. The summed E-state index contributed by atoms with van der Waals surface area (Å²) in [5.74, 6) is 0.223. The Labute approximate surface area is 144 Å². The molecule has 0 bridgehead atoms. The van der Waals surface area contributed by atoms with Gasteiger partial charge in [0.2, 0.25) is 0 Å². The summed E-state index contributed by atoms with van der Waals surface area (Å²) < 4.78 is 11.9. The molecule has 1 saturated heterocycles. The molecule has 0 radical (unpaired) electrons. The van der Waals surface area contributed by atoms with Crippen LogP contribution in [-0.2, 0) is 17.6 Å². The van der Waals surface area contributed by atoms with Crippen molar-refractivity contribution in [3.8, 4) is 0 Å². The van der Waals surface area contributed by atoms with Crippen LogP contribution in [0.4, 0.5) is 0 Å². The maximum atomic E-state index is 12.5. The van der Waals surface area contributed by atoms with Crippen molar-refractivity contribution in [1.82, 2.24) is 20.3 Å². The highest BCUT2D eigenvalue weighted by Crippen LogP contribution is 2.21. The van der Waals surface area contributed by atoms with Gasteiger partial charge in [-0.05, 0) is 38.2 Å². The topological polar surface area (TPSA) is 99.2 Å². The van der Waals surface area contributed by atoms with Crippen molar-refractivity contribution in [3.05, 3.63) is 45.2 Å². The van der Waals surface area contributed by atoms with E-state index in [9.17, 15) is 9.59 Å². The van der Waals surface area contributed by atoms with Gasteiger partial charge in [0.15, 0.2) is 5.69 Å². The molecule has 1 aliphatic carbocycles. The molecular formula is C17H20N4O4. The molecule has 8 heteroatoms. The van der Waals surface area contributed by atoms with Crippen LogP contribution in [0.5, 0.6) is 0 Å². The summed E-state index contributed by atoms with van der Waals surface area (Å²) in [7, 11) is 0. The fourth-order valence-electron chi connectivity index (χ4n) is 3.45. The third kappa shape index (κ3) is 3.09. The minimum absolute atomic E-state index is 0.146. The van der Waals surface area contributed by atoms with Crippen molar-refractivity contribution in [2.24, 2.45) is 0 Å². The summed E-state index contributed by atoms with van der Waals surface area (Å²) in [5, 5.41) is 11.2. The summed E-state index contributed by atoms with van der Waals surface area (Å²) in [6.07, 6.45) is 3.98. The molecule has 3 heterocycles. The van der Waals surface area contributed by atoms with Crippen molar-refractivity contribution >= 4 is 5.91 Å². The number of nitrogens with zero attached hydrogens (tertiary/aromatic N) is 3. The second kappa shape index (κ2) is 6.44. The van der Waals surface area contributed by atoms with Crippen LogP contribution in [-0.4, -0.2) is 40.1 Å². The van der Waals surface area contributed by atoms with E-state index in [0.717, 1.165) is 36.9 Å². The molecule has 2 aliphatic rings. The standard InChI is InChI=1S/C17H20N4O4/c1-10-6-13(20-25-10)17(23)18-14-8-24-9-15(14)21-16(22)7-11-4-2-3-5-12(11)19-21/h6-7,14-15H,2-5,8-9H2,1H3,(H,18,23). The smallest absolute Gasteiger partial charge is 0.273 e. The van der Waals surface area contributed by atoms with Crippen molar-refractivity contribution in [1.29, 1.82) is 0 Å². The lowest BCUT2D eigenvalue weighted by molar-refractivity contribution is 0.0915. The lowest BCUT2D eigenvalue weighted by Gasteiger charge is -2.22. The molecule has 4 rings (SSSR count). The average molecular weight is 344 g/mol. The number of rotatable bonds is 3. The Hall–Kier alpha value is -2.48. The molecule has 25 heavy (non-hydrogen) atoms. The van der Waals surface area contributed by atoms with E-state index in [4.69, 9.17) is 9.26 Å². The third-order valence-corrected chi connectivity index (χ3v) is 4.77. The zero-order chi connectivity index (χ0) is 17.4. The summed E-state index contributed by atoms with van der Waals surface area (Å²) in [6.45, 7) is 2.40. The SMILES string of the molecule is Cc1cc(C(=O)NC2COCC2n2nc3c(cc2=O)CCCC3)no1. The Morgan fingerprint density at radius 2 is 2.12 bits per heavy atom. The molecule has 0 aromatic carbocycles. The molecule has 2 aromatic heterocycles. The number of carbonyl (C=O) groups is 1. The van der Waals surface area contributed by atoms with Gasteiger partial charge in [-0.15, -0.1) is 0 Å². The largest absolute Gasteiger partial charge is 0.377 e. The lowest BCUT2D eigenvalue weighted by atomic mass is 9.97. The van der Waals surface area contributed by atoms with Crippen LogP contribution < -0.4 is 10.9 Å². The van der Waals surface area contributed by atoms with Gasteiger partial charge in [-0.3, -0.25) is 9.59 Å². The second-order valence-corrected chi connectivity index (χ2v) is 6.61. The van der Waals surface area contributed by atoms with E-state index in [-0.39, 0.29) is 29.2 Å². The van der Waals surface area contributed by atoms with E-state index in [1.54, 1.807) is 19.1 Å². The number of ether oxygens (including phenoxy) is 1. The van der Waals surface area contributed by atoms with Crippen molar-refractivity contribution in [3.63, 3.8) is 0 Å². The monoisotopic (exact) mass is 344 g/mol. The number of nitrogens with one attached hydrogen (secondary N) is 1. The van der Waals surface area contributed by atoms with Gasteiger partial charge in [0.25, 0.3) is 11.5 Å². The molecule has 2 aromatic rings. The van der Waals surface area contributed by atoms with Crippen LogP contribution in [0.3, 0.4) is 0 Å². The van der Waals surface area contributed by atoms with E-state index in [1.165, 1.54) is 4.68 Å². The fourth-order valence-corrected chi connectivity index (χ4v) is 3.45. The second-order valence-electron chi connectivity index (χ2n) is 6.61. The summed E-state index contributed by atoms with van der Waals surface area (Å²) >= 11 is 0. The molecule has 132 valence electrons.